The molecule has 0 saturated carbocycles. The lowest BCUT2D eigenvalue weighted by Gasteiger charge is -2.12. The van der Waals surface area contributed by atoms with Gasteiger partial charge < -0.3 is 10.6 Å². The molecule has 1 atom stereocenters. The van der Waals surface area contributed by atoms with Crippen LogP contribution >= 0.6 is 11.8 Å². The van der Waals surface area contributed by atoms with Gasteiger partial charge in [0.25, 0.3) is 0 Å². The zero-order valence-corrected chi connectivity index (χ0v) is 14.9. The normalized spacial score (nSPS) is 11.4. The summed E-state index contributed by atoms with van der Waals surface area (Å²) in [7, 11) is 0. The molecule has 0 aliphatic rings. The molecule has 0 radical (unpaired) electrons. The van der Waals surface area contributed by atoms with Crippen molar-refractivity contribution in [3.05, 3.63) is 60.2 Å². The van der Waals surface area contributed by atoms with Crippen LogP contribution in [0.15, 0.2) is 54.6 Å². The third kappa shape index (κ3) is 6.08. The van der Waals surface area contributed by atoms with Gasteiger partial charge in [-0.1, -0.05) is 30.3 Å². The molecule has 0 aromatic heterocycles. The lowest BCUT2D eigenvalue weighted by Crippen LogP contribution is -2.25. The SMILES string of the molecule is CC(=O)c1cccc(NC(=O)C(C)SCC(=O)Nc2ccccc2)c1. The highest BCUT2D eigenvalue weighted by Crippen LogP contribution is 2.16. The van der Waals surface area contributed by atoms with Crippen LogP contribution in [0.5, 0.6) is 0 Å². The van der Waals surface area contributed by atoms with Crippen molar-refractivity contribution < 1.29 is 14.4 Å². The number of benzene rings is 2. The number of Topliss-reactive ketones (excluding diaryl/α,β-unsaturated/α-hetero) is 1. The predicted octanol–water partition coefficient (Wildman–Crippen LogP) is 3.59. The molecule has 2 N–H and O–H groups in total. The van der Waals surface area contributed by atoms with Gasteiger partial charge in [-0.3, -0.25) is 14.4 Å². The number of thioether (sulfide) groups is 1. The van der Waals surface area contributed by atoms with Gasteiger partial charge >= 0.3 is 0 Å². The number of amides is 2. The van der Waals surface area contributed by atoms with Gasteiger partial charge in [-0.05, 0) is 38.1 Å². The molecule has 5 nitrogen and oxygen atoms in total. The van der Waals surface area contributed by atoms with Crippen LogP contribution in [-0.4, -0.2) is 28.6 Å². The standard InChI is InChI=1S/C19H20N2O3S/c1-13(22)15-7-6-10-17(11-15)21-19(24)14(2)25-12-18(23)20-16-8-4-3-5-9-16/h3-11,14H,12H2,1-2H3,(H,20,23)(H,21,24). The second kappa shape index (κ2) is 9.03. The van der Waals surface area contributed by atoms with Crippen LogP contribution in [0.1, 0.15) is 24.2 Å². The Morgan fingerprint density at radius 3 is 2.32 bits per heavy atom. The van der Waals surface area contributed by atoms with Crippen molar-refractivity contribution >= 4 is 40.7 Å². The molecule has 0 saturated heterocycles. The van der Waals surface area contributed by atoms with Crippen LogP contribution in [0, 0.1) is 0 Å². The quantitative estimate of drug-likeness (QED) is 0.744. The molecule has 130 valence electrons. The maximum absolute atomic E-state index is 12.2. The summed E-state index contributed by atoms with van der Waals surface area (Å²) < 4.78 is 0. The maximum atomic E-state index is 12.2. The van der Waals surface area contributed by atoms with Crippen molar-refractivity contribution in [3.63, 3.8) is 0 Å². The average molecular weight is 356 g/mol. The Labute approximate surface area is 151 Å². The number of ketones is 1. The molecule has 0 spiro atoms. The first kappa shape index (κ1) is 18.7. The van der Waals surface area contributed by atoms with Crippen molar-refractivity contribution in [2.24, 2.45) is 0 Å². The number of hydrogen-bond donors (Lipinski definition) is 2. The summed E-state index contributed by atoms with van der Waals surface area (Å²) in [5, 5.41) is 5.14. The fourth-order valence-corrected chi connectivity index (χ4v) is 2.74. The highest BCUT2D eigenvalue weighted by atomic mass is 32.2. The lowest BCUT2D eigenvalue weighted by atomic mass is 10.1. The molecule has 2 aromatic carbocycles. The van der Waals surface area contributed by atoms with Crippen LogP contribution in [0.4, 0.5) is 11.4 Å². The van der Waals surface area contributed by atoms with E-state index in [2.05, 4.69) is 10.6 Å². The van der Waals surface area contributed by atoms with Crippen molar-refractivity contribution in [1.82, 2.24) is 0 Å². The Bertz CT molecular complexity index is 762. The van der Waals surface area contributed by atoms with Crippen molar-refractivity contribution in [2.45, 2.75) is 19.1 Å². The number of carbonyl (C=O) groups excluding carboxylic acids is 3. The third-order valence-corrected chi connectivity index (χ3v) is 4.57. The van der Waals surface area contributed by atoms with Crippen LogP contribution in [0.25, 0.3) is 0 Å². The molecule has 0 aliphatic carbocycles. The summed E-state index contributed by atoms with van der Waals surface area (Å²) in [5.74, 6) is -0.250. The van der Waals surface area contributed by atoms with E-state index in [1.54, 1.807) is 43.3 Å². The summed E-state index contributed by atoms with van der Waals surface area (Å²) in [6, 6.07) is 16.0. The lowest BCUT2D eigenvalue weighted by molar-refractivity contribution is -0.115. The second-order valence-corrected chi connectivity index (χ2v) is 6.82. The van der Waals surface area contributed by atoms with E-state index in [0.29, 0.717) is 11.3 Å². The van der Waals surface area contributed by atoms with E-state index >= 15 is 0 Å². The van der Waals surface area contributed by atoms with Gasteiger partial charge in [0.15, 0.2) is 5.78 Å². The second-order valence-electron chi connectivity index (χ2n) is 5.49. The van der Waals surface area contributed by atoms with Crippen LogP contribution in [-0.2, 0) is 9.59 Å². The van der Waals surface area contributed by atoms with E-state index in [0.717, 1.165) is 5.69 Å². The molecule has 0 bridgehead atoms. The molecule has 1 unspecified atom stereocenters. The Balaban J connectivity index is 1.83. The fraction of sp³-hybridized carbons (Fsp3) is 0.211. The molecule has 0 fully saturated rings. The maximum Gasteiger partial charge on any atom is 0.237 e. The highest BCUT2D eigenvalue weighted by molar-refractivity contribution is 8.01. The molecule has 0 heterocycles. The summed E-state index contributed by atoms with van der Waals surface area (Å²) >= 11 is 1.25. The molecule has 2 rings (SSSR count). The smallest absolute Gasteiger partial charge is 0.237 e. The monoisotopic (exact) mass is 356 g/mol. The number of anilines is 2. The van der Waals surface area contributed by atoms with E-state index in [9.17, 15) is 14.4 Å². The van der Waals surface area contributed by atoms with Gasteiger partial charge in [0, 0.05) is 16.9 Å². The Kier molecular flexibility index (Phi) is 6.77. The predicted molar refractivity (Wildman–Crippen MR) is 102 cm³/mol. The van der Waals surface area contributed by atoms with Crippen molar-refractivity contribution in [1.29, 1.82) is 0 Å². The minimum atomic E-state index is -0.400. The van der Waals surface area contributed by atoms with Crippen LogP contribution in [0.3, 0.4) is 0 Å². The van der Waals surface area contributed by atoms with E-state index in [1.807, 2.05) is 18.2 Å². The molecular weight excluding hydrogens is 336 g/mol. The molecular formula is C19H20N2O3S. The van der Waals surface area contributed by atoms with Gasteiger partial charge in [-0.15, -0.1) is 11.8 Å². The molecule has 2 amide bonds. The summed E-state index contributed by atoms with van der Waals surface area (Å²) in [5.41, 5.74) is 1.84. The van der Waals surface area contributed by atoms with Gasteiger partial charge in [0.1, 0.15) is 0 Å². The minimum absolute atomic E-state index is 0.0592. The van der Waals surface area contributed by atoms with Gasteiger partial charge in [0.2, 0.25) is 11.8 Å². The summed E-state index contributed by atoms with van der Waals surface area (Å²) in [6.07, 6.45) is 0. The van der Waals surface area contributed by atoms with Crippen molar-refractivity contribution in [3.8, 4) is 0 Å². The first-order valence-corrected chi connectivity index (χ1v) is 8.89. The fourth-order valence-electron chi connectivity index (χ4n) is 2.05. The zero-order valence-electron chi connectivity index (χ0n) is 14.1. The minimum Gasteiger partial charge on any atom is -0.325 e. The Morgan fingerprint density at radius 2 is 1.64 bits per heavy atom. The zero-order chi connectivity index (χ0) is 18.2. The number of nitrogens with one attached hydrogen (secondary N) is 2. The van der Waals surface area contributed by atoms with Gasteiger partial charge in [-0.2, -0.15) is 0 Å². The van der Waals surface area contributed by atoms with E-state index in [4.69, 9.17) is 0 Å². The number of para-hydroxylation sites is 1. The molecule has 2 aromatic rings. The highest BCUT2D eigenvalue weighted by Gasteiger charge is 2.16. The molecule has 25 heavy (non-hydrogen) atoms. The Hall–Kier alpha value is -2.60. The Morgan fingerprint density at radius 1 is 0.960 bits per heavy atom. The first-order chi connectivity index (χ1) is 12.0. The van der Waals surface area contributed by atoms with E-state index in [1.165, 1.54) is 18.7 Å². The summed E-state index contributed by atoms with van der Waals surface area (Å²) in [6.45, 7) is 3.22. The van der Waals surface area contributed by atoms with E-state index in [-0.39, 0.29) is 23.4 Å². The number of carbonyl (C=O) groups is 3. The van der Waals surface area contributed by atoms with Crippen molar-refractivity contribution in [2.75, 3.05) is 16.4 Å². The average Bonchev–Trinajstić information content (AvgIpc) is 2.60. The number of hydrogen-bond acceptors (Lipinski definition) is 4. The van der Waals surface area contributed by atoms with E-state index < -0.39 is 5.25 Å². The largest absolute Gasteiger partial charge is 0.325 e. The first-order valence-electron chi connectivity index (χ1n) is 7.84. The molecule has 6 heteroatoms. The topological polar surface area (TPSA) is 75.3 Å². The molecule has 0 aliphatic heterocycles. The van der Waals surface area contributed by atoms with Crippen LogP contribution in [0.2, 0.25) is 0 Å². The summed E-state index contributed by atoms with van der Waals surface area (Å²) in [4.78, 5) is 35.5. The van der Waals surface area contributed by atoms with Gasteiger partial charge in [0.05, 0.1) is 11.0 Å². The number of rotatable bonds is 7. The van der Waals surface area contributed by atoms with Gasteiger partial charge in [-0.25, -0.2) is 0 Å². The van der Waals surface area contributed by atoms with Crippen LogP contribution < -0.4 is 10.6 Å². The third-order valence-electron chi connectivity index (χ3n) is 3.43.